The Kier molecular flexibility index (Phi) is 11.7. The van der Waals surface area contributed by atoms with Gasteiger partial charge in [-0.25, -0.2) is 9.59 Å². The summed E-state index contributed by atoms with van der Waals surface area (Å²) in [5.74, 6) is -4.01. The van der Waals surface area contributed by atoms with Crippen LogP contribution >= 0.6 is 0 Å². The van der Waals surface area contributed by atoms with Gasteiger partial charge in [0.15, 0.2) is 12.1 Å². The molecule has 1 aliphatic carbocycles. The Morgan fingerprint density at radius 1 is 0.574 bits per heavy atom. The molecule has 4 aromatic carbocycles. The Hall–Kier alpha value is -5.60. The van der Waals surface area contributed by atoms with Gasteiger partial charge in [-0.3, -0.25) is 9.59 Å². The first-order valence-electron chi connectivity index (χ1n) is 18.2. The second-order valence-corrected chi connectivity index (χ2v) is 12.9. The normalized spacial score (nSPS) is 21.4. The second-order valence-electron chi connectivity index (χ2n) is 12.9. The smallest absolute Gasteiger partial charge is 0.331 e. The summed E-state index contributed by atoms with van der Waals surface area (Å²) in [7, 11) is 0. The summed E-state index contributed by atoms with van der Waals surface area (Å²) in [6.07, 6.45) is -2.65. The number of benzene rings is 4. The SMILES string of the molecule is CCOC(=O)CNc1cccc2c(C3C([O-])C(c4ccc5c6c(cccc46)NC(C(=O)OCC)C(C(=O)OCC)N5)C3[O-])ccc(NCC(=O)OCC)c12. The van der Waals surface area contributed by atoms with Crippen LogP contribution in [0.2, 0.25) is 0 Å². The van der Waals surface area contributed by atoms with E-state index < -0.39 is 60.0 Å². The monoisotopic (exact) mass is 740 g/mol. The van der Waals surface area contributed by atoms with E-state index in [0.29, 0.717) is 55.4 Å². The molecule has 14 heteroatoms. The van der Waals surface area contributed by atoms with Gasteiger partial charge in [-0.2, -0.15) is 0 Å². The molecule has 4 atom stereocenters. The average molecular weight is 741 g/mol. The van der Waals surface area contributed by atoms with Crippen LogP contribution in [-0.4, -0.2) is 87.7 Å². The van der Waals surface area contributed by atoms with Crippen molar-refractivity contribution in [1.82, 2.24) is 0 Å². The molecule has 0 saturated heterocycles. The number of rotatable bonds is 14. The first-order valence-corrected chi connectivity index (χ1v) is 18.2. The molecule has 1 saturated carbocycles. The number of carbonyl (C=O) groups excluding carboxylic acids is 4. The van der Waals surface area contributed by atoms with Crippen LogP contribution in [0.4, 0.5) is 22.7 Å². The Morgan fingerprint density at radius 2 is 1.02 bits per heavy atom. The molecule has 14 nitrogen and oxygen atoms in total. The highest BCUT2D eigenvalue weighted by atomic mass is 16.5. The summed E-state index contributed by atoms with van der Waals surface area (Å²) < 4.78 is 20.8. The van der Waals surface area contributed by atoms with E-state index in [-0.39, 0.29) is 39.5 Å². The van der Waals surface area contributed by atoms with Crippen LogP contribution in [0.15, 0.2) is 60.7 Å². The lowest BCUT2D eigenvalue weighted by Gasteiger charge is -2.62. The molecule has 4 N–H and O–H groups in total. The molecule has 0 spiro atoms. The summed E-state index contributed by atoms with van der Waals surface area (Å²) >= 11 is 0. The van der Waals surface area contributed by atoms with Crippen LogP contribution in [-0.2, 0) is 38.1 Å². The number of nitrogens with one attached hydrogen (secondary N) is 4. The van der Waals surface area contributed by atoms with Gasteiger partial charge in [0.2, 0.25) is 0 Å². The number of carbonyl (C=O) groups is 4. The van der Waals surface area contributed by atoms with Crippen LogP contribution < -0.4 is 31.5 Å². The predicted molar refractivity (Wildman–Crippen MR) is 199 cm³/mol. The Labute approximate surface area is 312 Å². The van der Waals surface area contributed by atoms with E-state index in [1.54, 1.807) is 76.2 Å². The lowest BCUT2D eigenvalue weighted by Crippen LogP contribution is -2.63. The molecular formula is C40H44N4O10-2. The topological polar surface area (TPSA) is 199 Å². The summed E-state index contributed by atoms with van der Waals surface area (Å²) in [5.41, 5.74) is 3.28. The van der Waals surface area contributed by atoms with Crippen molar-refractivity contribution < 1.29 is 48.3 Å². The number of ether oxygens (including phenoxy) is 4. The Morgan fingerprint density at radius 3 is 1.54 bits per heavy atom. The second kappa shape index (κ2) is 16.6. The van der Waals surface area contributed by atoms with Gasteiger partial charge in [0.1, 0.15) is 13.1 Å². The molecule has 286 valence electrons. The maximum atomic E-state index is 14.3. The van der Waals surface area contributed by atoms with Gasteiger partial charge in [-0.1, -0.05) is 36.4 Å². The molecule has 0 bridgehead atoms. The van der Waals surface area contributed by atoms with E-state index in [2.05, 4.69) is 21.3 Å². The van der Waals surface area contributed by atoms with Gasteiger partial charge in [0.05, 0.1) is 26.4 Å². The molecule has 54 heavy (non-hydrogen) atoms. The first kappa shape index (κ1) is 38.1. The zero-order chi connectivity index (χ0) is 38.5. The highest BCUT2D eigenvalue weighted by molar-refractivity contribution is 6.09. The van der Waals surface area contributed by atoms with Crippen molar-refractivity contribution in [1.29, 1.82) is 0 Å². The van der Waals surface area contributed by atoms with Gasteiger partial charge in [0, 0.05) is 33.5 Å². The van der Waals surface area contributed by atoms with E-state index in [4.69, 9.17) is 18.9 Å². The molecule has 0 radical (unpaired) electrons. The predicted octanol–water partition coefficient (Wildman–Crippen LogP) is 2.98. The van der Waals surface area contributed by atoms with Crippen LogP contribution in [0.5, 0.6) is 0 Å². The third-order valence-electron chi connectivity index (χ3n) is 9.78. The number of hydrogen-bond acceptors (Lipinski definition) is 14. The zero-order valence-corrected chi connectivity index (χ0v) is 30.6. The van der Waals surface area contributed by atoms with Crippen LogP contribution in [0.3, 0.4) is 0 Å². The highest BCUT2D eigenvalue weighted by Gasteiger charge is 2.42. The Balaban J connectivity index is 1.36. The molecule has 1 fully saturated rings. The fourth-order valence-corrected chi connectivity index (χ4v) is 7.47. The maximum absolute atomic E-state index is 14.3. The molecule has 1 heterocycles. The van der Waals surface area contributed by atoms with E-state index >= 15 is 0 Å². The lowest BCUT2D eigenvalue weighted by atomic mass is 9.62. The van der Waals surface area contributed by atoms with Crippen LogP contribution in [0, 0.1) is 0 Å². The van der Waals surface area contributed by atoms with Crippen molar-refractivity contribution >= 4 is 68.2 Å². The quantitative estimate of drug-likeness (QED) is 0.109. The fourth-order valence-electron chi connectivity index (χ4n) is 7.47. The van der Waals surface area contributed by atoms with Crippen LogP contribution in [0.1, 0.15) is 50.7 Å². The van der Waals surface area contributed by atoms with Gasteiger partial charge < -0.3 is 50.4 Å². The van der Waals surface area contributed by atoms with E-state index in [9.17, 15) is 29.4 Å². The average Bonchev–Trinajstić information content (AvgIpc) is 3.33. The molecule has 0 amide bonds. The maximum Gasteiger partial charge on any atom is 0.331 e. The lowest BCUT2D eigenvalue weighted by molar-refractivity contribution is -0.535. The van der Waals surface area contributed by atoms with Crippen molar-refractivity contribution in [2.75, 3.05) is 60.8 Å². The van der Waals surface area contributed by atoms with Gasteiger partial charge in [-0.05, 0) is 85.7 Å². The van der Waals surface area contributed by atoms with E-state index in [0.717, 1.165) is 0 Å². The molecule has 2 aliphatic rings. The number of esters is 4. The highest BCUT2D eigenvalue weighted by Crippen LogP contribution is 2.51. The van der Waals surface area contributed by atoms with Crippen LogP contribution in [0.25, 0.3) is 21.5 Å². The fraction of sp³-hybridized carbons (Fsp3) is 0.400. The number of fused-ring (bicyclic) bond motifs is 1. The minimum absolute atomic E-state index is 0.111. The van der Waals surface area contributed by atoms with Crippen molar-refractivity contribution in [3.8, 4) is 0 Å². The Bertz CT molecular complexity index is 1960. The van der Waals surface area contributed by atoms with Crippen molar-refractivity contribution in [3.05, 3.63) is 71.8 Å². The first-order chi connectivity index (χ1) is 26.1. The summed E-state index contributed by atoms with van der Waals surface area (Å²) in [4.78, 5) is 50.6. The molecule has 4 unspecified atom stereocenters. The zero-order valence-electron chi connectivity index (χ0n) is 30.6. The third kappa shape index (κ3) is 7.31. The molecule has 4 aromatic rings. The number of hydrogen-bond donors (Lipinski definition) is 4. The number of anilines is 4. The summed E-state index contributed by atoms with van der Waals surface area (Å²) in [6, 6.07) is 15.4. The minimum atomic E-state index is -1.33. The molecule has 0 aromatic heterocycles. The standard InChI is InChI=1S/C40H44N4O10/c1-5-51-29(45)19-41-25-13-9-11-21-23(15-17-26(31(21)25)42-20-30(46)52-6-2)33-37(47)34(38(33)48)24-16-18-28-32-22(24)12-10-14-27(32)43-35(39(49)53-7-3)36(44-28)40(50)54-8-4/h9-18,33-38,41-44H,5-8,19-20H2,1-4H3/q-2. The molecular weight excluding hydrogens is 696 g/mol. The van der Waals surface area contributed by atoms with Crippen molar-refractivity contribution in [2.24, 2.45) is 0 Å². The van der Waals surface area contributed by atoms with Crippen molar-refractivity contribution in [2.45, 2.75) is 63.8 Å². The van der Waals surface area contributed by atoms with Gasteiger partial charge in [0.25, 0.3) is 0 Å². The van der Waals surface area contributed by atoms with Crippen molar-refractivity contribution in [3.63, 3.8) is 0 Å². The summed E-state index contributed by atoms with van der Waals surface area (Å²) in [6.45, 7) is 7.21. The minimum Gasteiger partial charge on any atom is -0.851 e. The van der Waals surface area contributed by atoms with E-state index in [1.807, 2.05) is 12.1 Å². The van der Waals surface area contributed by atoms with Gasteiger partial charge >= 0.3 is 23.9 Å². The third-order valence-corrected chi connectivity index (χ3v) is 9.78. The van der Waals surface area contributed by atoms with Gasteiger partial charge in [-0.15, -0.1) is 12.2 Å². The molecule has 1 aliphatic heterocycles. The molecule has 6 rings (SSSR count). The van der Waals surface area contributed by atoms with E-state index in [1.165, 1.54) is 0 Å². The largest absolute Gasteiger partial charge is 0.851 e. The summed E-state index contributed by atoms with van der Waals surface area (Å²) in [5, 5.41) is 43.7.